The molecule has 0 saturated carbocycles. The molecule has 2 amide bonds. The second-order valence-electron chi connectivity index (χ2n) is 24.6. The van der Waals surface area contributed by atoms with Crippen LogP contribution < -0.4 is 30.1 Å². The van der Waals surface area contributed by atoms with Gasteiger partial charge in [0.25, 0.3) is 15.6 Å². The lowest BCUT2D eigenvalue weighted by Gasteiger charge is -2.32. The highest BCUT2D eigenvalue weighted by molar-refractivity contribution is 7.91. The van der Waals surface area contributed by atoms with Crippen LogP contribution in [0.4, 0.5) is 16.4 Å². The standard InChI is InChI=1S/C23H32N2O4.C16H18Cl2N2O4.C16H17N3O5S.C14H15N5O6S/c1-7-16-13-15(3)14-17(8-2)18(16)19-20(26)24-9-11-28-12-10-25(24)21(19)29-22(27)23(4,5)6;1-4-23-14(21)12-9-16(3,15(22)24-5-2)20(19-12)13-7-6-10(17)8-11(13)18;1-9-10(15(20)11-8-17-19(2)16(11)21)4-5-13(25(3,22)23)14(9)12-6-7-24-18-12;1-8-15-12(18-14(16-8)25-3)17-13(21)19-26(22,23)10-7-5-4-6-9(10)11(20)24-2/h13-14H,7-12H2,1-6H3;6-8H,4-5,9H2,1-3H3;4-5,8,21H,6-7H2,1-3H3;4-7H,1-3H3,(H2,15,16,17,18,19,21). The Morgan fingerprint density at radius 2 is 1.42 bits per heavy atom. The van der Waals surface area contributed by atoms with Gasteiger partial charge in [0.1, 0.15) is 34.2 Å². The molecule has 1 unspecified atom stereocenters. The number of rotatable bonds is 18. The van der Waals surface area contributed by atoms with E-state index in [2.05, 4.69) is 73.3 Å². The highest BCUT2D eigenvalue weighted by atomic mass is 35.5. The lowest BCUT2D eigenvalue weighted by Crippen LogP contribution is -2.48. The predicted octanol–water partition coefficient (Wildman–Crippen LogP) is 8.85. The lowest BCUT2D eigenvalue weighted by molar-refractivity contribution is -0.148. The van der Waals surface area contributed by atoms with Gasteiger partial charge in [0, 0.05) is 42.3 Å². The number of hydrogen-bond acceptors (Lipinski definition) is 26. The van der Waals surface area contributed by atoms with Crippen molar-refractivity contribution in [1.82, 2.24) is 38.8 Å². The number of methoxy groups -OCH3 is 2. The number of ketones is 1. The average molecular weight is 1520 g/mol. The van der Waals surface area contributed by atoms with Gasteiger partial charge < -0.3 is 38.4 Å². The van der Waals surface area contributed by atoms with E-state index in [1.165, 1.54) is 72.9 Å². The van der Waals surface area contributed by atoms with Crippen molar-refractivity contribution in [3.05, 3.63) is 144 Å². The smallest absolute Gasteiger partial charge is 0.354 e. The Hall–Kier alpha value is -10.1. The van der Waals surface area contributed by atoms with Crippen molar-refractivity contribution >= 4 is 102 Å². The number of nitrogens with zero attached hydrogens (tertiary/aromatic N) is 10. The SMILES string of the molecule is CCOC(=O)C1=NN(c2ccc(Cl)cc2Cl)C(C)(C(=O)OCC)C1.CCc1cc(C)cc(CC)c1-c1c(OC(=O)C(C)(C)C)n2n(c1=O)CCOCC2.COC(=O)c1ccccc1S(=O)(=O)NC(=O)Nc1nc(C)nc(OC)n1.Cc1c(C(=O)c2cnn(C)c2O)ccc(S(C)(=O)=O)c1C1=NOCC1. The molecule has 0 spiro atoms. The molecule has 10 rings (SSSR count). The third-order valence-electron chi connectivity index (χ3n) is 16.0. The number of carbonyl (C=O) groups is 6. The molecule has 3 aliphatic heterocycles. The van der Waals surface area contributed by atoms with Crippen LogP contribution in [-0.4, -0.2) is 162 Å². The first kappa shape index (κ1) is 81.2. The molecule has 6 heterocycles. The normalized spacial score (nSPS) is 14.7. The second-order valence-corrected chi connectivity index (χ2v) is 29.1. The number of aromatic hydroxyl groups is 1. The summed E-state index contributed by atoms with van der Waals surface area (Å²) in [7, 11) is -3.92. The maximum atomic E-state index is 13.5. The Balaban J connectivity index is 0.000000194. The average Bonchev–Trinajstić information content (AvgIpc) is 1.58. The van der Waals surface area contributed by atoms with Crippen molar-refractivity contribution in [3.63, 3.8) is 0 Å². The maximum Gasteiger partial charge on any atom is 0.354 e. The Labute approximate surface area is 610 Å². The third kappa shape index (κ3) is 18.8. The van der Waals surface area contributed by atoms with E-state index in [-0.39, 0.29) is 82.1 Å². The molecule has 104 heavy (non-hydrogen) atoms. The number of fused-ring (bicyclic) bond motifs is 1. The fraction of sp³-hybridized carbons (Fsp3) is 0.406. The minimum absolute atomic E-state index is 0.0493. The number of esters is 4. The van der Waals surface area contributed by atoms with E-state index in [4.69, 9.17) is 51.7 Å². The Kier molecular flexibility index (Phi) is 26.9. The number of sulfone groups is 1. The number of amides is 2. The number of oxime groups is 1. The Morgan fingerprint density at radius 3 is 1.99 bits per heavy atom. The highest BCUT2D eigenvalue weighted by Crippen LogP contribution is 2.41. The number of benzene rings is 4. The van der Waals surface area contributed by atoms with Gasteiger partial charge in [0.05, 0.1) is 92.2 Å². The molecule has 3 aromatic heterocycles. The molecule has 0 fully saturated rings. The van der Waals surface area contributed by atoms with E-state index in [1.54, 1.807) is 60.0 Å². The molecular weight excluding hydrogens is 1440 g/mol. The number of nitrogens with one attached hydrogen (secondary N) is 2. The molecule has 35 heteroatoms. The minimum Gasteiger partial charge on any atom is -0.493 e. The van der Waals surface area contributed by atoms with Crippen molar-refractivity contribution in [2.75, 3.05) is 63.8 Å². The van der Waals surface area contributed by atoms with Crippen molar-refractivity contribution in [3.8, 4) is 28.9 Å². The number of halogens is 2. The van der Waals surface area contributed by atoms with Gasteiger partial charge in [-0.15, -0.1) is 0 Å². The number of anilines is 2. The summed E-state index contributed by atoms with van der Waals surface area (Å²) < 4.78 is 86.5. The maximum absolute atomic E-state index is 13.5. The third-order valence-corrected chi connectivity index (χ3v) is 19.0. The van der Waals surface area contributed by atoms with Gasteiger partial charge in [-0.1, -0.05) is 72.0 Å². The van der Waals surface area contributed by atoms with Crippen LogP contribution in [0.3, 0.4) is 0 Å². The van der Waals surface area contributed by atoms with Crippen LogP contribution in [-0.2, 0) is 91.0 Å². The zero-order chi connectivity index (χ0) is 76.9. The molecule has 1 atom stereocenters. The number of hydrazone groups is 1. The zero-order valence-corrected chi connectivity index (χ0v) is 63.2. The van der Waals surface area contributed by atoms with Crippen LogP contribution in [0.25, 0.3) is 11.1 Å². The number of urea groups is 1. The summed E-state index contributed by atoms with van der Waals surface area (Å²) in [6, 6.07) is 16.0. The van der Waals surface area contributed by atoms with Crippen molar-refractivity contribution in [1.29, 1.82) is 0 Å². The summed E-state index contributed by atoms with van der Waals surface area (Å²) in [4.78, 5) is 103. The van der Waals surface area contributed by atoms with Gasteiger partial charge in [0.15, 0.2) is 21.2 Å². The molecule has 0 radical (unpaired) electrons. The van der Waals surface area contributed by atoms with Gasteiger partial charge in [-0.05, 0) is 140 Å². The first-order valence-electron chi connectivity index (χ1n) is 32.5. The van der Waals surface area contributed by atoms with E-state index in [9.17, 15) is 55.5 Å². The predicted molar refractivity (Wildman–Crippen MR) is 384 cm³/mol. The molecule has 0 aliphatic carbocycles. The van der Waals surface area contributed by atoms with Gasteiger partial charge in [-0.25, -0.2) is 59.8 Å². The fourth-order valence-corrected chi connectivity index (χ4v) is 13.5. The number of hydrogen-bond donors (Lipinski definition) is 3. The quantitative estimate of drug-likeness (QED) is 0.0410. The van der Waals surface area contributed by atoms with Crippen LogP contribution >= 0.6 is 23.2 Å². The van der Waals surface area contributed by atoms with Crippen molar-refractivity contribution in [2.24, 2.45) is 22.7 Å². The highest BCUT2D eigenvalue weighted by Gasteiger charge is 2.50. The number of aryl methyl sites for hydroxylation is 5. The first-order valence-corrected chi connectivity index (χ1v) is 36.6. The van der Waals surface area contributed by atoms with Crippen molar-refractivity contribution < 1.29 is 84.0 Å². The van der Waals surface area contributed by atoms with Crippen LogP contribution in [0, 0.1) is 26.2 Å². The molecule has 4 aromatic carbocycles. The largest absolute Gasteiger partial charge is 0.493 e. The summed E-state index contributed by atoms with van der Waals surface area (Å²) in [6.45, 7) is 22.6. The second kappa shape index (κ2) is 34.5. The summed E-state index contributed by atoms with van der Waals surface area (Å²) in [5.41, 5.74) is 4.84. The molecule has 3 N–H and O–H groups in total. The van der Waals surface area contributed by atoms with E-state index < -0.39 is 65.4 Å². The Bertz CT molecular complexity index is 4790. The van der Waals surface area contributed by atoms with E-state index in [1.807, 2.05) is 20.8 Å². The first-order chi connectivity index (χ1) is 49.0. The molecule has 7 aromatic rings. The molecular formula is C69H82Cl2N12O19S2. The van der Waals surface area contributed by atoms with E-state index >= 15 is 0 Å². The lowest BCUT2D eigenvalue weighted by atomic mass is 9.91. The summed E-state index contributed by atoms with van der Waals surface area (Å²) in [5, 5.41) is 26.3. The Morgan fingerprint density at radius 1 is 0.769 bits per heavy atom. The van der Waals surface area contributed by atoms with Crippen LogP contribution in [0.5, 0.6) is 17.8 Å². The summed E-state index contributed by atoms with van der Waals surface area (Å²) >= 11 is 12.2. The number of sulfonamides is 1. The van der Waals surface area contributed by atoms with Gasteiger partial charge in [0.2, 0.25) is 17.7 Å². The van der Waals surface area contributed by atoms with Crippen LogP contribution in [0.1, 0.15) is 128 Å². The summed E-state index contributed by atoms with van der Waals surface area (Å²) in [5.74, 6) is -2.58. The van der Waals surface area contributed by atoms with Gasteiger partial charge >= 0.3 is 35.9 Å². The van der Waals surface area contributed by atoms with E-state index in [0.29, 0.717) is 83.3 Å². The molecule has 31 nitrogen and oxygen atoms in total. The molecule has 558 valence electrons. The molecule has 3 aliphatic rings. The van der Waals surface area contributed by atoms with Gasteiger partial charge in [-0.3, -0.25) is 19.7 Å². The zero-order valence-electron chi connectivity index (χ0n) is 60.0. The minimum atomic E-state index is -4.36. The van der Waals surface area contributed by atoms with Crippen LogP contribution in [0.15, 0.2) is 97.8 Å². The number of ether oxygens (including phenoxy) is 6. The van der Waals surface area contributed by atoms with Gasteiger partial charge in [-0.2, -0.15) is 25.2 Å². The molecule has 0 saturated heterocycles. The molecule has 0 bridgehead atoms. The van der Waals surface area contributed by atoms with Crippen molar-refractivity contribution in [2.45, 2.75) is 130 Å². The fourth-order valence-electron chi connectivity index (χ4n) is 10.9. The number of carbonyl (C=O) groups excluding carboxylic acids is 6. The number of aromatic nitrogens is 7. The topological polar surface area (TPSA) is 391 Å². The summed E-state index contributed by atoms with van der Waals surface area (Å²) in [6.07, 6.45) is 4.49. The van der Waals surface area contributed by atoms with Crippen LogP contribution in [0.2, 0.25) is 10.0 Å². The monoisotopic (exact) mass is 1520 g/mol. The van der Waals surface area contributed by atoms with E-state index in [0.717, 1.165) is 49.0 Å².